The molecule has 0 bridgehead atoms. The molecule has 1 aliphatic carbocycles. The first kappa shape index (κ1) is 17.7. The van der Waals surface area contributed by atoms with Crippen LogP contribution in [0.25, 0.3) is 0 Å². The second-order valence-electron chi connectivity index (χ2n) is 8.72. The highest BCUT2D eigenvalue weighted by molar-refractivity contribution is 5.87. The molecule has 0 aliphatic heterocycles. The van der Waals surface area contributed by atoms with E-state index in [2.05, 4.69) is 52.8 Å². The zero-order valence-electron chi connectivity index (χ0n) is 15.9. The van der Waals surface area contributed by atoms with Crippen molar-refractivity contribution in [1.29, 1.82) is 0 Å². The van der Waals surface area contributed by atoms with Crippen LogP contribution in [0.2, 0.25) is 0 Å². The van der Waals surface area contributed by atoms with E-state index < -0.39 is 5.97 Å². The SMILES string of the molecule is CC(c1ccc(C(=O)O)cc1)c1ccc2c(c1)C(C)(C)CCC2(C)C. The molecule has 0 spiro atoms. The normalized spacial score (nSPS) is 19.1. The number of aromatic carboxylic acids is 1. The van der Waals surface area contributed by atoms with Gasteiger partial charge in [-0.1, -0.05) is 65.0 Å². The summed E-state index contributed by atoms with van der Waals surface area (Å²) in [4.78, 5) is 11.0. The standard InChI is InChI=1S/C23H28O2/c1-15(16-6-8-17(9-7-16)21(24)25)18-10-11-19-20(14-18)23(4,5)13-12-22(19,2)3/h6-11,14-15H,12-13H2,1-5H3,(H,24,25). The first-order chi connectivity index (χ1) is 11.6. The summed E-state index contributed by atoms with van der Waals surface area (Å²) < 4.78 is 0. The third kappa shape index (κ3) is 3.22. The zero-order valence-corrected chi connectivity index (χ0v) is 15.9. The first-order valence-corrected chi connectivity index (χ1v) is 9.10. The largest absolute Gasteiger partial charge is 0.478 e. The molecule has 3 rings (SSSR count). The molecule has 132 valence electrons. The van der Waals surface area contributed by atoms with E-state index in [1.54, 1.807) is 12.1 Å². The van der Waals surface area contributed by atoms with Crippen molar-refractivity contribution in [3.8, 4) is 0 Å². The summed E-state index contributed by atoms with van der Waals surface area (Å²) >= 11 is 0. The fourth-order valence-corrected chi connectivity index (χ4v) is 3.98. The van der Waals surface area contributed by atoms with Crippen LogP contribution in [0, 0.1) is 0 Å². The summed E-state index contributed by atoms with van der Waals surface area (Å²) in [5.74, 6) is -0.633. The molecule has 0 aromatic heterocycles. The summed E-state index contributed by atoms with van der Waals surface area (Å²) in [6.07, 6.45) is 2.43. The van der Waals surface area contributed by atoms with Gasteiger partial charge >= 0.3 is 5.97 Å². The monoisotopic (exact) mass is 336 g/mol. The molecular weight excluding hydrogens is 308 g/mol. The van der Waals surface area contributed by atoms with Gasteiger partial charge in [-0.25, -0.2) is 4.79 Å². The second kappa shape index (κ2) is 6.01. The van der Waals surface area contributed by atoms with Crippen molar-refractivity contribution >= 4 is 5.97 Å². The lowest BCUT2D eigenvalue weighted by molar-refractivity contribution is 0.0697. The molecule has 2 nitrogen and oxygen atoms in total. The van der Waals surface area contributed by atoms with Crippen LogP contribution in [0.5, 0.6) is 0 Å². The van der Waals surface area contributed by atoms with Crippen molar-refractivity contribution in [1.82, 2.24) is 0 Å². The van der Waals surface area contributed by atoms with Gasteiger partial charge in [0.2, 0.25) is 0 Å². The van der Waals surface area contributed by atoms with E-state index in [9.17, 15) is 4.79 Å². The Morgan fingerprint density at radius 2 is 1.40 bits per heavy atom. The predicted molar refractivity (Wildman–Crippen MR) is 103 cm³/mol. The molecular formula is C23H28O2. The van der Waals surface area contributed by atoms with Gasteiger partial charge in [-0.3, -0.25) is 0 Å². The Balaban J connectivity index is 2.00. The third-order valence-corrected chi connectivity index (χ3v) is 6.03. The van der Waals surface area contributed by atoms with Crippen LogP contribution in [0.3, 0.4) is 0 Å². The fourth-order valence-electron chi connectivity index (χ4n) is 3.98. The van der Waals surface area contributed by atoms with Crippen molar-refractivity contribution in [3.63, 3.8) is 0 Å². The molecule has 2 aromatic carbocycles. The minimum absolute atomic E-state index is 0.202. The Morgan fingerprint density at radius 1 is 0.880 bits per heavy atom. The Labute approximate surface area is 150 Å². The first-order valence-electron chi connectivity index (χ1n) is 9.10. The zero-order chi connectivity index (χ0) is 18.4. The average Bonchev–Trinajstić information content (AvgIpc) is 2.58. The van der Waals surface area contributed by atoms with Gasteiger partial charge in [-0.2, -0.15) is 0 Å². The van der Waals surface area contributed by atoms with Crippen molar-refractivity contribution in [2.24, 2.45) is 0 Å². The lowest BCUT2D eigenvalue weighted by atomic mass is 9.62. The van der Waals surface area contributed by atoms with Crippen LogP contribution < -0.4 is 0 Å². The maximum absolute atomic E-state index is 11.0. The molecule has 2 heteroatoms. The second-order valence-corrected chi connectivity index (χ2v) is 8.72. The number of carboxylic acids is 1. The molecule has 0 fully saturated rings. The van der Waals surface area contributed by atoms with E-state index in [0.717, 1.165) is 5.56 Å². The van der Waals surface area contributed by atoms with E-state index in [-0.39, 0.29) is 16.7 Å². The summed E-state index contributed by atoms with van der Waals surface area (Å²) in [5.41, 5.74) is 6.16. The number of hydrogen-bond acceptors (Lipinski definition) is 1. The number of fused-ring (bicyclic) bond motifs is 1. The Kier molecular flexibility index (Phi) is 4.26. The Morgan fingerprint density at radius 3 is 1.96 bits per heavy atom. The van der Waals surface area contributed by atoms with Crippen molar-refractivity contribution in [2.45, 2.75) is 64.2 Å². The Hall–Kier alpha value is -2.09. The van der Waals surface area contributed by atoms with Gasteiger partial charge in [-0.15, -0.1) is 0 Å². The summed E-state index contributed by atoms with van der Waals surface area (Å²) in [6.45, 7) is 11.6. The van der Waals surface area contributed by atoms with Crippen LogP contribution in [0.1, 0.15) is 86.0 Å². The lowest BCUT2D eigenvalue weighted by Gasteiger charge is -2.42. The minimum Gasteiger partial charge on any atom is -0.478 e. The van der Waals surface area contributed by atoms with E-state index in [4.69, 9.17) is 5.11 Å². The summed E-state index contributed by atoms with van der Waals surface area (Å²) in [7, 11) is 0. The van der Waals surface area contributed by atoms with E-state index in [1.165, 1.54) is 29.5 Å². The fraction of sp³-hybridized carbons (Fsp3) is 0.435. The van der Waals surface area contributed by atoms with E-state index in [1.807, 2.05) is 12.1 Å². The maximum Gasteiger partial charge on any atom is 0.335 e. The lowest BCUT2D eigenvalue weighted by Crippen LogP contribution is -2.34. The van der Waals surface area contributed by atoms with Gasteiger partial charge in [-0.05, 0) is 58.1 Å². The van der Waals surface area contributed by atoms with E-state index >= 15 is 0 Å². The molecule has 0 radical (unpaired) electrons. The Bertz CT molecular complexity index is 797. The molecule has 0 heterocycles. The number of benzene rings is 2. The van der Waals surface area contributed by atoms with Crippen molar-refractivity contribution in [2.75, 3.05) is 0 Å². The van der Waals surface area contributed by atoms with Gasteiger partial charge in [0.15, 0.2) is 0 Å². The molecule has 0 amide bonds. The van der Waals surface area contributed by atoms with Gasteiger partial charge in [0.25, 0.3) is 0 Å². The highest BCUT2D eigenvalue weighted by Crippen LogP contribution is 2.46. The highest BCUT2D eigenvalue weighted by Gasteiger charge is 2.37. The topological polar surface area (TPSA) is 37.3 Å². The highest BCUT2D eigenvalue weighted by atomic mass is 16.4. The van der Waals surface area contributed by atoms with Crippen molar-refractivity contribution < 1.29 is 9.90 Å². The number of hydrogen-bond donors (Lipinski definition) is 1. The molecule has 1 aliphatic rings. The van der Waals surface area contributed by atoms with Gasteiger partial charge in [0.1, 0.15) is 0 Å². The predicted octanol–water partition coefficient (Wildman–Crippen LogP) is 5.89. The van der Waals surface area contributed by atoms with Crippen LogP contribution in [0.15, 0.2) is 42.5 Å². The minimum atomic E-state index is -0.878. The summed E-state index contributed by atoms with van der Waals surface area (Å²) in [5, 5.41) is 9.07. The smallest absolute Gasteiger partial charge is 0.335 e. The molecule has 1 N–H and O–H groups in total. The van der Waals surface area contributed by atoms with E-state index in [0.29, 0.717) is 5.56 Å². The van der Waals surface area contributed by atoms with Gasteiger partial charge in [0.05, 0.1) is 5.56 Å². The summed E-state index contributed by atoms with van der Waals surface area (Å²) in [6, 6.07) is 14.2. The van der Waals surface area contributed by atoms with Crippen molar-refractivity contribution in [3.05, 3.63) is 70.3 Å². The molecule has 1 unspecified atom stereocenters. The quantitative estimate of drug-likeness (QED) is 0.759. The number of carbonyl (C=O) groups is 1. The molecule has 0 saturated heterocycles. The van der Waals surface area contributed by atoms with Crippen LogP contribution >= 0.6 is 0 Å². The molecule has 1 atom stereocenters. The number of rotatable bonds is 3. The molecule has 2 aromatic rings. The molecule has 0 saturated carbocycles. The number of carboxylic acid groups (broad SMARTS) is 1. The van der Waals surface area contributed by atoms with Gasteiger partial charge in [0, 0.05) is 5.92 Å². The van der Waals surface area contributed by atoms with Crippen LogP contribution in [-0.4, -0.2) is 11.1 Å². The third-order valence-electron chi connectivity index (χ3n) is 6.03. The average molecular weight is 336 g/mol. The molecule has 25 heavy (non-hydrogen) atoms. The van der Waals surface area contributed by atoms with Crippen LogP contribution in [0.4, 0.5) is 0 Å². The maximum atomic E-state index is 11.0. The van der Waals surface area contributed by atoms with Gasteiger partial charge < -0.3 is 5.11 Å². The van der Waals surface area contributed by atoms with Crippen LogP contribution in [-0.2, 0) is 10.8 Å².